The summed E-state index contributed by atoms with van der Waals surface area (Å²) in [7, 11) is 0. The van der Waals surface area contributed by atoms with Crippen LogP contribution in [0.3, 0.4) is 0 Å². The number of furan rings is 1. The van der Waals surface area contributed by atoms with E-state index in [1.807, 2.05) is 38.7 Å². The Balaban J connectivity index is 1.70. The van der Waals surface area contributed by atoms with Gasteiger partial charge in [-0.3, -0.25) is 9.59 Å². The third kappa shape index (κ3) is 4.63. The highest BCUT2D eigenvalue weighted by Crippen LogP contribution is 2.37. The lowest BCUT2D eigenvalue weighted by atomic mass is 9.98. The van der Waals surface area contributed by atoms with Gasteiger partial charge in [-0.2, -0.15) is 0 Å². The molecule has 1 aromatic heterocycles. The van der Waals surface area contributed by atoms with Crippen LogP contribution in [0.15, 0.2) is 22.8 Å². The van der Waals surface area contributed by atoms with E-state index >= 15 is 0 Å². The summed E-state index contributed by atoms with van der Waals surface area (Å²) in [5, 5.41) is 3.95. The zero-order valence-corrected chi connectivity index (χ0v) is 17.8. The van der Waals surface area contributed by atoms with Crippen molar-refractivity contribution in [3.05, 3.63) is 35.1 Å². The third-order valence-corrected chi connectivity index (χ3v) is 5.37. The van der Waals surface area contributed by atoms with Crippen molar-refractivity contribution in [1.82, 2.24) is 10.2 Å². The van der Waals surface area contributed by atoms with Crippen LogP contribution < -0.4 is 10.1 Å². The van der Waals surface area contributed by atoms with Crippen LogP contribution in [0.4, 0.5) is 0 Å². The molecule has 1 aliphatic heterocycles. The number of likely N-dealkylation sites (tertiary alicyclic amines) is 1. The fourth-order valence-corrected chi connectivity index (χ4v) is 3.81. The molecule has 1 aliphatic rings. The van der Waals surface area contributed by atoms with Gasteiger partial charge in [0.25, 0.3) is 0 Å². The molecule has 2 heterocycles. The van der Waals surface area contributed by atoms with Gasteiger partial charge in [-0.1, -0.05) is 0 Å². The van der Waals surface area contributed by atoms with Crippen LogP contribution in [0.5, 0.6) is 5.75 Å². The normalized spacial score (nSPS) is 14.7. The molecule has 2 amide bonds. The molecule has 1 saturated heterocycles. The molecule has 0 spiro atoms. The average molecular weight is 399 g/mol. The molecule has 6 nitrogen and oxygen atoms in total. The monoisotopic (exact) mass is 398 g/mol. The fraction of sp³-hybridized carbons (Fsp3) is 0.478. The third-order valence-electron chi connectivity index (χ3n) is 5.37. The molecule has 0 radical (unpaired) electrons. The Labute approximate surface area is 171 Å². The molecule has 0 aliphatic carbocycles. The van der Waals surface area contributed by atoms with Gasteiger partial charge in [0, 0.05) is 48.6 Å². The van der Waals surface area contributed by atoms with Crippen molar-refractivity contribution in [3.8, 4) is 5.75 Å². The molecule has 1 aromatic carbocycles. The number of benzene rings is 1. The molecule has 6 heteroatoms. The molecule has 1 fully saturated rings. The number of aryl methyl sites for hydroxylation is 2. The number of rotatable bonds is 8. The molecule has 0 atom stereocenters. The average Bonchev–Trinajstić information content (AvgIpc) is 3.26. The van der Waals surface area contributed by atoms with E-state index in [-0.39, 0.29) is 11.8 Å². The fourth-order valence-electron chi connectivity index (χ4n) is 3.81. The molecular formula is C23H30N2O4. The van der Waals surface area contributed by atoms with E-state index in [0.717, 1.165) is 58.4 Å². The Morgan fingerprint density at radius 3 is 2.86 bits per heavy atom. The van der Waals surface area contributed by atoms with Crippen molar-refractivity contribution in [2.24, 2.45) is 0 Å². The van der Waals surface area contributed by atoms with E-state index in [2.05, 4.69) is 5.32 Å². The number of hydrogen-bond acceptors (Lipinski definition) is 4. The lowest BCUT2D eigenvalue weighted by Gasteiger charge is -2.15. The van der Waals surface area contributed by atoms with E-state index in [9.17, 15) is 9.59 Å². The summed E-state index contributed by atoms with van der Waals surface area (Å²) in [6, 6.07) is 2.03. The van der Waals surface area contributed by atoms with Gasteiger partial charge in [-0.25, -0.2) is 0 Å². The zero-order valence-electron chi connectivity index (χ0n) is 17.8. The SMILES string of the molecule is CCOc1c(/C(C)=C/C(=O)NCCCN2CCCC2=O)cc2c(C)coc2c1C. The molecule has 0 saturated carbocycles. The maximum absolute atomic E-state index is 12.4. The number of amides is 2. The highest BCUT2D eigenvalue weighted by molar-refractivity contribution is 5.98. The lowest BCUT2D eigenvalue weighted by Crippen LogP contribution is -2.30. The minimum atomic E-state index is -0.139. The van der Waals surface area contributed by atoms with Crippen LogP contribution in [0.2, 0.25) is 0 Å². The van der Waals surface area contributed by atoms with Crippen LogP contribution in [-0.4, -0.2) is 43.0 Å². The number of nitrogens with zero attached hydrogens (tertiary/aromatic N) is 1. The number of ether oxygens (including phenoxy) is 1. The first-order valence-electron chi connectivity index (χ1n) is 10.3. The van der Waals surface area contributed by atoms with Crippen molar-refractivity contribution >= 4 is 28.4 Å². The molecule has 156 valence electrons. The quantitative estimate of drug-likeness (QED) is 0.539. The Morgan fingerprint density at radius 1 is 1.38 bits per heavy atom. The van der Waals surface area contributed by atoms with Gasteiger partial charge in [0.2, 0.25) is 11.8 Å². The van der Waals surface area contributed by atoms with Gasteiger partial charge in [-0.05, 0) is 57.7 Å². The highest BCUT2D eigenvalue weighted by atomic mass is 16.5. The Kier molecular flexibility index (Phi) is 6.62. The van der Waals surface area contributed by atoms with Gasteiger partial charge in [0.05, 0.1) is 12.9 Å². The van der Waals surface area contributed by atoms with Crippen molar-refractivity contribution in [3.63, 3.8) is 0 Å². The molecular weight excluding hydrogens is 368 g/mol. The molecule has 1 N–H and O–H groups in total. The number of carbonyl (C=O) groups excluding carboxylic acids is 2. The van der Waals surface area contributed by atoms with E-state index in [0.29, 0.717) is 26.1 Å². The predicted octanol–water partition coefficient (Wildman–Crippen LogP) is 3.98. The maximum Gasteiger partial charge on any atom is 0.244 e. The summed E-state index contributed by atoms with van der Waals surface area (Å²) in [6.45, 7) is 10.5. The molecule has 29 heavy (non-hydrogen) atoms. The van der Waals surface area contributed by atoms with Crippen molar-refractivity contribution in [2.75, 3.05) is 26.2 Å². The summed E-state index contributed by atoms with van der Waals surface area (Å²) in [5.74, 6) is 0.832. The molecule has 0 unspecified atom stereocenters. The van der Waals surface area contributed by atoms with Gasteiger partial charge in [-0.15, -0.1) is 0 Å². The second-order valence-corrected chi connectivity index (χ2v) is 7.56. The molecule has 0 bridgehead atoms. The van der Waals surface area contributed by atoms with E-state index < -0.39 is 0 Å². The second kappa shape index (κ2) is 9.16. The van der Waals surface area contributed by atoms with Gasteiger partial charge in [0.1, 0.15) is 11.3 Å². The smallest absolute Gasteiger partial charge is 0.244 e. The number of hydrogen-bond donors (Lipinski definition) is 1. The van der Waals surface area contributed by atoms with Crippen molar-refractivity contribution < 1.29 is 18.7 Å². The Hall–Kier alpha value is -2.76. The van der Waals surface area contributed by atoms with Gasteiger partial charge < -0.3 is 19.4 Å². The number of fused-ring (bicyclic) bond motifs is 1. The minimum Gasteiger partial charge on any atom is -0.493 e. The summed E-state index contributed by atoms with van der Waals surface area (Å²) >= 11 is 0. The topological polar surface area (TPSA) is 71.8 Å². The summed E-state index contributed by atoms with van der Waals surface area (Å²) < 4.78 is 11.6. The molecule has 3 rings (SSSR count). The van der Waals surface area contributed by atoms with E-state index in [1.165, 1.54) is 0 Å². The largest absolute Gasteiger partial charge is 0.493 e. The standard InChI is InChI=1S/C23H30N2O4/c1-5-28-22-17(4)23-19(16(3)14-29-23)13-18(22)15(2)12-20(26)24-9-7-11-25-10-6-8-21(25)27/h12-14H,5-11H2,1-4H3,(H,24,26)/b15-12+. The van der Waals surface area contributed by atoms with Crippen LogP contribution >= 0.6 is 0 Å². The first-order valence-corrected chi connectivity index (χ1v) is 10.3. The van der Waals surface area contributed by atoms with E-state index in [4.69, 9.17) is 9.15 Å². The van der Waals surface area contributed by atoms with Crippen LogP contribution in [0, 0.1) is 13.8 Å². The van der Waals surface area contributed by atoms with Gasteiger partial charge in [0.15, 0.2) is 0 Å². The Morgan fingerprint density at radius 2 is 2.17 bits per heavy atom. The predicted molar refractivity (Wildman–Crippen MR) is 114 cm³/mol. The van der Waals surface area contributed by atoms with Crippen molar-refractivity contribution in [2.45, 2.75) is 47.0 Å². The first kappa shape index (κ1) is 21.0. The van der Waals surface area contributed by atoms with Crippen LogP contribution in [0.1, 0.15) is 49.8 Å². The van der Waals surface area contributed by atoms with Gasteiger partial charge >= 0.3 is 0 Å². The lowest BCUT2D eigenvalue weighted by molar-refractivity contribution is -0.127. The number of nitrogens with one attached hydrogen (secondary N) is 1. The number of carbonyl (C=O) groups is 2. The van der Waals surface area contributed by atoms with Crippen LogP contribution in [-0.2, 0) is 9.59 Å². The van der Waals surface area contributed by atoms with Crippen molar-refractivity contribution in [1.29, 1.82) is 0 Å². The first-order chi connectivity index (χ1) is 13.9. The molecule has 2 aromatic rings. The van der Waals surface area contributed by atoms with E-state index in [1.54, 1.807) is 12.3 Å². The second-order valence-electron chi connectivity index (χ2n) is 7.56. The minimum absolute atomic E-state index is 0.139. The summed E-state index contributed by atoms with van der Waals surface area (Å²) in [6.07, 6.45) is 5.70. The zero-order chi connectivity index (χ0) is 21.0. The summed E-state index contributed by atoms with van der Waals surface area (Å²) in [4.78, 5) is 25.9. The Bertz CT molecular complexity index is 942. The number of allylic oxidation sites excluding steroid dienone is 1. The maximum atomic E-state index is 12.4. The summed E-state index contributed by atoms with van der Waals surface area (Å²) in [5.41, 5.74) is 4.56. The van der Waals surface area contributed by atoms with Crippen LogP contribution in [0.25, 0.3) is 16.5 Å². The highest BCUT2D eigenvalue weighted by Gasteiger charge is 2.19.